The number of benzene rings is 2. The van der Waals surface area contributed by atoms with Crippen molar-refractivity contribution < 1.29 is 14.3 Å². The van der Waals surface area contributed by atoms with Crippen LogP contribution in [0.4, 0.5) is 0 Å². The van der Waals surface area contributed by atoms with Crippen LogP contribution in [-0.2, 0) is 16.0 Å². The molecule has 0 N–H and O–H groups in total. The Balaban J connectivity index is 2.05. The van der Waals surface area contributed by atoms with Crippen molar-refractivity contribution in [3.05, 3.63) is 71.3 Å². The first-order valence-corrected chi connectivity index (χ1v) is 11.0. The highest BCUT2D eigenvalue weighted by atomic mass is 79.9. The number of aryl methyl sites for hydroxylation is 1. The number of halogens is 1. The van der Waals surface area contributed by atoms with Crippen LogP contribution in [0.5, 0.6) is 5.75 Å². The van der Waals surface area contributed by atoms with E-state index in [0.29, 0.717) is 18.8 Å². The van der Waals surface area contributed by atoms with E-state index < -0.39 is 0 Å². The molecule has 150 valence electrons. The van der Waals surface area contributed by atoms with Crippen molar-refractivity contribution in [2.24, 2.45) is 0 Å². The molecular weight excluding hydrogens is 416 g/mol. The van der Waals surface area contributed by atoms with E-state index in [1.54, 1.807) is 0 Å². The SMILES string of the molecule is CCOC(=O)/C(=C(\C)CCBr)c1ccccc1OCCCCc1ccccc1. The Morgan fingerprint density at radius 1 is 1.00 bits per heavy atom. The Kier molecular flexibility index (Phi) is 9.84. The smallest absolute Gasteiger partial charge is 0.338 e. The molecule has 0 radical (unpaired) electrons. The molecule has 0 spiro atoms. The summed E-state index contributed by atoms with van der Waals surface area (Å²) in [6.07, 6.45) is 3.85. The first-order chi connectivity index (χ1) is 13.7. The lowest BCUT2D eigenvalue weighted by Gasteiger charge is -2.16. The van der Waals surface area contributed by atoms with E-state index in [-0.39, 0.29) is 5.97 Å². The highest BCUT2D eigenvalue weighted by Crippen LogP contribution is 2.31. The first kappa shape index (κ1) is 22.2. The summed E-state index contributed by atoms with van der Waals surface area (Å²) in [5, 5.41) is 0.796. The fraction of sp³-hybridized carbons (Fsp3) is 0.375. The second-order valence-corrected chi connectivity index (χ2v) is 7.40. The topological polar surface area (TPSA) is 35.5 Å². The van der Waals surface area contributed by atoms with Crippen LogP contribution in [0, 0.1) is 0 Å². The van der Waals surface area contributed by atoms with Gasteiger partial charge in [0.2, 0.25) is 0 Å². The molecule has 0 bridgehead atoms. The molecule has 0 heterocycles. The summed E-state index contributed by atoms with van der Waals surface area (Å²) < 4.78 is 11.4. The maximum absolute atomic E-state index is 12.6. The number of esters is 1. The molecule has 28 heavy (non-hydrogen) atoms. The lowest BCUT2D eigenvalue weighted by Crippen LogP contribution is -2.11. The molecular formula is C24H29BrO3. The van der Waals surface area contributed by atoms with Crippen molar-refractivity contribution in [3.8, 4) is 5.75 Å². The molecule has 0 saturated carbocycles. The summed E-state index contributed by atoms with van der Waals surface area (Å²) in [7, 11) is 0. The number of carbonyl (C=O) groups is 1. The van der Waals surface area contributed by atoms with Crippen molar-refractivity contribution >= 4 is 27.5 Å². The third-order valence-electron chi connectivity index (χ3n) is 4.49. The second-order valence-electron chi connectivity index (χ2n) is 6.60. The van der Waals surface area contributed by atoms with Gasteiger partial charge in [0.25, 0.3) is 0 Å². The number of allylic oxidation sites excluding steroid dienone is 1. The third-order valence-corrected chi connectivity index (χ3v) is 4.89. The Labute approximate surface area is 176 Å². The van der Waals surface area contributed by atoms with Gasteiger partial charge in [0, 0.05) is 10.9 Å². The van der Waals surface area contributed by atoms with Gasteiger partial charge in [-0.25, -0.2) is 4.79 Å². The number of carbonyl (C=O) groups excluding carboxylic acids is 1. The van der Waals surface area contributed by atoms with E-state index >= 15 is 0 Å². The third kappa shape index (κ3) is 6.83. The molecule has 0 aliphatic rings. The van der Waals surface area contributed by atoms with Gasteiger partial charge in [-0.15, -0.1) is 0 Å². The van der Waals surface area contributed by atoms with Crippen LogP contribution < -0.4 is 4.74 Å². The lowest BCUT2D eigenvalue weighted by atomic mass is 9.98. The van der Waals surface area contributed by atoms with Crippen molar-refractivity contribution in [2.45, 2.75) is 39.5 Å². The Morgan fingerprint density at radius 2 is 1.71 bits per heavy atom. The van der Waals surface area contributed by atoms with Gasteiger partial charge < -0.3 is 9.47 Å². The zero-order valence-electron chi connectivity index (χ0n) is 16.7. The minimum Gasteiger partial charge on any atom is -0.493 e. The summed E-state index contributed by atoms with van der Waals surface area (Å²) in [5.41, 5.74) is 3.76. The Hall–Kier alpha value is -2.07. The number of para-hydroxylation sites is 1. The molecule has 0 atom stereocenters. The molecule has 0 saturated heterocycles. The molecule has 2 rings (SSSR count). The van der Waals surface area contributed by atoms with Crippen LogP contribution in [0.1, 0.15) is 44.2 Å². The fourth-order valence-electron chi connectivity index (χ4n) is 3.04. The quantitative estimate of drug-likeness (QED) is 0.179. The highest BCUT2D eigenvalue weighted by molar-refractivity contribution is 9.09. The number of unbranched alkanes of at least 4 members (excludes halogenated alkanes) is 1. The number of ether oxygens (including phenoxy) is 2. The van der Waals surface area contributed by atoms with Crippen LogP contribution >= 0.6 is 15.9 Å². The molecule has 0 amide bonds. The fourth-order valence-corrected chi connectivity index (χ4v) is 3.64. The minimum atomic E-state index is -0.291. The molecule has 0 aliphatic heterocycles. The highest BCUT2D eigenvalue weighted by Gasteiger charge is 2.20. The van der Waals surface area contributed by atoms with E-state index in [2.05, 4.69) is 40.2 Å². The summed E-state index contributed by atoms with van der Waals surface area (Å²) >= 11 is 3.46. The molecule has 3 nitrogen and oxygen atoms in total. The van der Waals surface area contributed by atoms with Crippen LogP contribution in [0.15, 0.2) is 60.2 Å². The maximum atomic E-state index is 12.6. The summed E-state index contributed by atoms with van der Waals surface area (Å²) in [6, 6.07) is 18.2. The second kappa shape index (κ2) is 12.4. The predicted molar refractivity (Wildman–Crippen MR) is 119 cm³/mol. The Bertz CT molecular complexity index is 768. The van der Waals surface area contributed by atoms with E-state index in [0.717, 1.165) is 47.9 Å². The van der Waals surface area contributed by atoms with Crippen molar-refractivity contribution in [3.63, 3.8) is 0 Å². The van der Waals surface area contributed by atoms with Gasteiger partial charge in [-0.3, -0.25) is 0 Å². The molecule has 0 fully saturated rings. The monoisotopic (exact) mass is 444 g/mol. The van der Waals surface area contributed by atoms with Gasteiger partial charge in [-0.05, 0) is 51.2 Å². The number of hydrogen-bond acceptors (Lipinski definition) is 3. The average Bonchev–Trinajstić information content (AvgIpc) is 2.70. The van der Waals surface area contributed by atoms with Crippen LogP contribution in [0.2, 0.25) is 0 Å². The van der Waals surface area contributed by atoms with E-state index in [1.165, 1.54) is 5.56 Å². The molecule has 0 aromatic heterocycles. The van der Waals surface area contributed by atoms with Crippen molar-refractivity contribution in [2.75, 3.05) is 18.5 Å². The van der Waals surface area contributed by atoms with E-state index in [9.17, 15) is 4.79 Å². The zero-order chi connectivity index (χ0) is 20.2. The molecule has 2 aromatic rings. The largest absolute Gasteiger partial charge is 0.493 e. The van der Waals surface area contributed by atoms with Gasteiger partial charge in [-0.1, -0.05) is 70.0 Å². The van der Waals surface area contributed by atoms with Gasteiger partial charge >= 0.3 is 5.97 Å². The van der Waals surface area contributed by atoms with E-state index in [1.807, 2.05) is 44.2 Å². The maximum Gasteiger partial charge on any atom is 0.338 e. The van der Waals surface area contributed by atoms with Gasteiger partial charge in [-0.2, -0.15) is 0 Å². The molecule has 4 heteroatoms. The lowest BCUT2D eigenvalue weighted by molar-refractivity contribution is -0.136. The average molecular weight is 445 g/mol. The minimum absolute atomic E-state index is 0.291. The molecule has 2 aromatic carbocycles. The summed E-state index contributed by atoms with van der Waals surface area (Å²) in [6.45, 7) is 4.78. The van der Waals surface area contributed by atoms with Gasteiger partial charge in [0.1, 0.15) is 5.75 Å². The normalized spacial score (nSPS) is 11.7. The number of alkyl halides is 1. The molecule has 0 aliphatic carbocycles. The predicted octanol–water partition coefficient (Wildman–Crippen LogP) is 6.21. The summed E-state index contributed by atoms with van der Waals surface area (Å²) in [5.74, 6) is 0.445. The number of rotatable bonds is 11. The van der Waals surface area contributed by atoms with Crippen LogP contribution in [0.25, 0.3) is 5.57 Å². The zero-order valence-corrected chi connectivity index (χ0v) is 18.3. The Morgan fingerprint density at radius 3 is 2.43 bits per heavy atom. The van der Waals surface area contributed by atoms with Gasteiger partial charge in [0.05, 0.1) is 18.8 Å². The number of hydrogen-bond donors (Lipinski definition) is 0. The van der Waals surface area contributed by atoms with Crippen molar-refractivity contribution in [1.29, 1.82) is 0 Å². The van der Waals surface area contributed by atoms with Crippen LogP contribution in [-0.4, -0.2) is 24.5 Å². The molecule has 0 unspecified atom stereocenters. The first-order valence-electron chi connectivity index (χ1n) is 9.86. The van der Waals surface area contributed by atoms with Crippen LogP contribution in [0.3, 0.4) is 0 Å². The summed E-state index contributed by atoms with van der Waals surface area (Å²) in [4.78, 5) is 12.6. The van der Waals surface area contributed by atoms with Crippen molar-refractivity contribution in [1.82, 2.24) is 0 Å². The van der Waals surface area contributed by atoms with Gasteiger partial charge in [0.15, 0.2) is 0 Å². The van der Waals surface area contributed by atoms with E-state index in [4.69, 9.17) is 9.47 Å². The standard InChI is InChI=1S/C24H29BrO3/c1-3-27-24(26)23(19(2)16-17-25)21-14-7-8-15-22(21)28-18-10-9-13-20-11-5-4-6-12-20/h4-8,11-12,14-15H,3,9-10,13,16-18H2,1-2H3/b23-19+.